The van der Waals surface area contributed by atoms with E-state index >= 15 is 0 Å². The number of anilines is 1. The minimum atomic E-state index is -3.63. The zero-order valence-electron chi connectivity index (χ0n) is 32.3. The third-order valence-corrected chi connectivity index (χ3v) is 10.7. The Labute approximate surface area is 333 Å². The third-order valence-electron chi connectivity index (χ3n) is 9.81. The summed E-state index contributed by atoms with van der Waals surface area (Å²) < 4.78 is 73.4. The van der Waals surface area contributed by atoms with Crippen LogP contribution in [-0.2, 0) is 50.2 Å². The predicted octanol–water partition coefficient (Wildman–Crippen LogP) is 3.98. The van der Waals surface area contributed by atoms with Crippen LogP contribution in [0.5, 0.6) is 0 Å². The summed E-state index contributed by atoms with van der Waals surface area (Å²) in [5, 5.41) is 2.87. The number of halogens is 2. The second-order valence-electron chi connectivity index (χ2n) is 13.9. The fourth-order valence-corrected chi connectivity index (χ4v) is 7.62. The normalized spacial score (nSPS) is 16.4. The first-order valence-electron chi connectivity index (χ1n) is 18.2. The van der Waals surface area contributed by atoms with Gasteiger partial charge in [-0.1, -0.05) is 24.3 Å². The number of nitrogens with one attached hydrogen (secondary N) is 1. The second kappa shape index (κ2) is 16.5. The van der Waals surface area contributed by atoms with Crippen molar-refractivity contribution in [1.82, 2.24) is 38.7 Å². The molecule has 58 heavy (non-hydrogen) atoms. The molecule has 2 aliphatic heterocycles. The van der Waals surface area contributed by atoms with Crippen molar-refractivity contribution in [3.63, 3.8) is 0 Å². The van der Waals surface area contributed by atoms with Crippen LogP contribution in [0.15, 0.2) is 87.8 Å². The molecule has 0 saturated carbocycles. The van der Waals surface area contributed by atoms with E-state index in [-0.39, 0.29) is 41.8 Å². The number of rotatable bonds is 11. The number of benzene rings is 2. The fraction of sp³-hybridized carbons (Fsp3) is 0.333. The van der Waals surface area contributed by atoms with Crippen LogP contribution in [0.3, 0.4) is 0 Å². The van der Waals surface area contributed by atoms with Crippen LogP contribution in [0.1, 0.15) is 8.35 Å². The lowest BCUT2D eigenvalue weighted by Crippen LogP contribution is -2.22. The summed E-state index contributed by atoms with van der Waals surface area (Å²) in [4.78, 5) is 43.3. The number of hydrogen-bond donors (Lipinski definition) is 1. The number of ether oxygens (including phenoxy) is 3. The van der Waals surface area contributed by atoms with Crippen LogP contribution < -0.4 is 16.4 Å². The SMILES string of the molecule is COC1Cn2c(-c3ccnc(S(C)(=O)=O)n3)c(-c3ccc(F)cc3)c(=O)n2C1.COC[C@H](C)Nc1nccc(-c2c(-c3ccc(F)cc3)c(=O)n3n2CC(OC)C3)n1.[HH]. The first-order valence-corrected chi connectivity index (χ1v) is 20.1. The molecule has 19 heteroatoms. The Kier molecular flexibility index (Phi) is 11.5. The predicted molar refractivity (Wildman–Crippen MR) is 212 cm³/mol. The van der Waals surface area contributed by atoms with E-state index in [9.17, 15) is 26.8 Å². The smallest absolute Gasteiger partial charge is 0.275 e. The van der Waals surface area contributed by atoms with E-state index in [1.807, 2.05) is 11.6 Å². The van der Waals surface area contributed by atoms with Crippen molar-refractivity contribution in [2.45, 2.75) is 56.5 Å². The Hall–Kier alpha value is -5.89. The average molecular weight is 820 g/mol. The van der Waals surface area contributed by atoms with Crippen molar-refractivity contribution in [2.24, 2.45) is 0 Å². The van der Waals surface area contributed by atoms with Crippen molar-refractivity contribution in [2.75, 3.05) is 39.5 Å². The third kappa shape index (κ3) is 7.97. The molecule has 0 radical (unpaired) electrons. The summed E-state index contributed by atoms with van der Waals surface area (Å²) in [5.41, 5.74) is 3.54. The van der Waals surface area contributed by atoms with Gasteiger partial charge in [0.1, 0.15) is 11.6 Å². The molecule has 2 aromatic carbocycles. The Balaban J connectivity index is 0.000000195. The molecular weight excluding hydrogens is 777 g/mol. The lowest BCUT2D eigenvalue weighted by molar-refractivity contribution is 0.0993. The van der Waals surface area contributed by atoms with Gasteiger partial charge in [-0.2, -0.15) is 0 Å². The van der Waals surface area contributed by atoms with E-state index in [0.717, 1.165) is 6.26 Å². The van der Waals surface area contributed by atoms with Gasteiger partial charge in [-0.25, -0.2) is 46.5 Å². The lowest BCUT2D eigenvalue weighted by Gasteiger charge is -2.14. The molecule has 8 rings (SSSR count). The molecule has 0 bridgehead atoms. The van der Waals surface area contributed by atoms with Gasteiger partial charge >= 0.3 is 0 Å². The standard InChI is InChI=1S/C21H24FN5O3.C18H17FN4O4S.H2/c1-13(12-29-2)24-21-23-9-8-17(25-21)19-18(14-4-6-15(22)7-5-14)20(28)27-11-16(30-3)10-26(19)27;1-27-13-9-22-16(14-7-8-20-18(21-14)28(2,25)26)15(17(24)23(22)10-13)11-3-5-12(19)6-4-11;/h4-9,13,16H,10-12H2,1-3H3,(H,23,24,25);3-8,13H,9-10H2,1-2H3;1H/t13-,16?;;/m0../s1. The summed E-state index contributed by atoms with van der Waals surface area (Å²) in [6.45, 7) is 4.20. The van der Waals surface area contributed by atoms with Crippen LogP contribution in [-0.4, -0.2) is 99.5 Å². The Morgan fingerprint density at radius 2 is 1.17 bits per heavy atom. The highest BCUT2D eigenvalue weighted by Crippen LogP contribution is 2.34. The van der Waals surface area contributed by atoms with Crippen molar-refractivity contribution >= 4 is 15.8 Å². The maximum atomic E-state index is 13.5. The molecule has 0 aliphatic carbocycles. The molecule has 1 N–H and O–H groups in total. The van der Waals surface area contributed by atoms with E-state index in [0.29, 0.717) is 83.8 Å². The Morgan fingerprint density at radius 1 is 0.724 bits per heavy atom. The average Bonchev–Trinajstić information content (AvgIpc) is 3.96. The lowest BCUT2D eigenvalue weighted by atomic mass is 10.0. The highest BCUT2D eigenvalue weighted by Gasteiger charge is 2.33. The van der Waals surface area contributed by atoms with Crippen molar-refractivity contribution < 1.29 is 32.8 Å². The molecule has 4 aromatic heterocycles. The summed E-state index contributed by atoms with van der Waals surface area (Å²) in [6, 6.07) is 14.8. The maximum absolute atomic E-state index is 13.5. The van der Waals surface area contributed by atoms with Gasteiger partial charge in [-0.15, -0.1) is 0 Å². The molecule has 0 spiro atoms. The topological polar surface area (TPSA) is 179 Å². The molecule has 2 unspecified atom stereocenters. The van der Waals surface area contributed by atoms with Crippen LogP contribution in [0.2, 0.25) is 0 Å². The largest absolute Gasteiger partial charge is 0.383 e. The Morgan fingerprint density at radius 3 is 1.62 bits per heavy atom. The molecule has 0 amide bonds. The van der Waals surface area contributed by atoms with Crippen molar-refractivity contribution in [1.29, 1.82) is 0 Å². The van der Waals surface area contributed by atoms with Crippen LogP contribution in [0.25, 0.3) is 45.0 Å². The van der Waals surface area contributed by atoms with Crippen molar-refractivity contribution in [3.8, 4) is 45.0 Å². The van der Waals surface area contributed by atoms with Crippen LogP contribution >= 0.6 is 0 Å². The quantitative estimate of drug-likeness (QED) is 0.186. The van der Waals surface area contributed by atoms with Gasteiger partial charge in [-0.05, 0) is 54.4 Å². The summed E-state index contributed by atoms with van der Waals surface area (Å²) in [5.74, 6) is -0.332. The first kappa shape index (κ1) is 40.3. The highest BCUT2D eigenvalue weighted by atomic mass is 32.2. The van der Waals surface area contributed by atoms with E-state index in [2.05, 4.69) is 25.3 Å². The molecule has 0 saturated heterocycles. The van der Waals surface area contributed by atoms with Gasteiger partial charge in [0.05, 0.1) is 78.9 Å². The van der Waals surface area contributed by atoms with Gasteiger partial charge in [0.15, 0.2) is 0 Å². The van der Waals surface area contributed by atoms with E-state index < -0.39 is 15.7 Å². The summed E-state index contributed by atoms with van der Waals surface area (Å²) in [7, 11) is 1.20. The zero-order chi connectivity index (χ0) is 41.3. The van der Waals surface area contributed by atoms with Crippen molar-refractivity contribution in [3.05, 3.63) is 105 Å². The van der Waals surface area contributed by atoms with Gasteiger partial charge < -0.3 is 19.5 Å². The van der Waals surface area contributed by atoms with E-state index in [1.54, 1.807) is 61.2 Å². The maximum Gasteiger partial charge on any atom is 0.275 e. The monoisotopic (exact) mass is 819 g/mol. The molecule has 3 atom stereocenters. The molecule has 0 fully saturated rings. The van der Waals surface area contributed by atoms with E-state index in [1.165, 1.54) is 47.3 Å². The first-order chi connectivity index (χ1) is 27.8. The number of fused-ring (bicyclic) bond motifs is 2. The summed E-state index contributed by atoms with van der Waals surface area (Å²) in [6.07, 6.45) is 3.72. The molecule has 2 aliphatic rings. The second-order valence-corrected chi connectivity index (χ2v) is 15.8. The number of sulfone groups is 1. The molecule has 16 nitrogen and oxygen atoms in total. The summed E-state index contributed by atoms with van der Waals surface area (Å²) >= 11 is 0. The van der Waals surface area contributed by atoms with Crippen LogP contribution in [0.4, 0.5) is 14.7 Å². The minimum Gasteiger partial charge on any atom is -0.383 e. The number of methoxy groups -OCH3 is 3. The minimum absolute atomic E-state index is 0. The van der Waals surface area contributed by atoms with Gasteiger partial charge in [0, 0.05) is 47.4 Å². The molecular formula is C39H43F2N9O7S. The van der Waals surface area contributed by atoms with Crippen LogP contribution in [0, 0.1) is 11.6 Å². The highest BCUT2D eigenvalue weighted by molar-refractivity contribution is 7.90. The van der Waals surface area contributed by atoms with E-state index in [4.69, 9.17) is 14.2 Å². The number of hydrogen-bond acceptors (Lipinski definition) is 12. The molecule has 6 aromatic rings. The fourth-order valence-electron chi connectivity index (χ4n) is 7.10. The van der Waals surface area contributed by atoms with Gasteiger partial charge in [0.25, 0.3) is 11.1 Å². The zero-order valence-corrected chi connectivity index (χ0v) is 33.1. The van der Waals surface area contributed by atoms with Gasteiger partial charge in [-0.3, -0.25) is 19.0 Å². The Bertz CT molecular complexity index is 2680. The molecule has 306 valence electrons. The van der Waals surface area contributed by atoms with Gasteiger partial charge in [0.2, 0.25) is 20.9 Å². The number of nitrogens with zero attached hydrogens (tertiary/aromatic N) is 8. The molecule has 6 heterocycles. The number of aromatic nitrogens is 8.